The number of para-hydroxylation sites is 1. The minimum absolute atomic E-state index is 0.0368. The molecule has 1 amide bonds. The van der Waals surface area contributed by atoms with Crippen LogP contribution in [0.15, 0.2) is 54.9 Å². The second-order valence-electron chi connectivity index (χ2n) is 6.31. The Morgan fingerprint density at radius 3 is 2.92 bits per heavy atom. The van der Waals surface area contributed by atoms with Gasteiger partial charge in [0.25, 0.3) is 5.91 Å². The van der Waals surface area contributed by atoms with Crippen LogP contribution in [0.5, 0.6) is 0 Å². The van der Waals surface area contributed by atoms with E-state index in [1.165, 1.54) is 5.56 Å². The Morgan fingerprint density at radius 1 is 1.21 bits per heavy atom. The molecule has 122 valence electrons. The normalized spacial score (nSPS) is 20.6. The summed E-state index contributed by atoms with van der Waals surface area (Å²) in [6.45, 7) is 0.946. The van der Waals surface area contributed by atoms with Crippen molar-refractivity contribution in [3.05, 3.63) is 66.1 Å². The van der Waals surface area contributed by atoms with Crippen molar-refractivity contribution in [3.63, 3.8) is 0 Å². The molecule has 1 fully saturated rings. The number of nitrogens with one attached hydrogen (secondary N) is 1. The first-order valence-corrected chi connectivity index (χ1v) is 8.16. The van der Waals surface area contributed by atoms with Gasteiger partial charge in [0.15, 0.2) is 0 Å². The number of β-amino-alcohol motifs (C(OH)–C–C–N with tert-alkyl or cyclic N) is 1. The molecule has 3 aromatic rings. The van der Waals surface area contributed by atoms with Crippen LogP contribution < -0.4 is 0 Å². The Kier molecular flexibility index (Phi) is 3.78. The SMILES string of the molecule is O=C(c1ccc[nH]1)N1CC(O)C(Cc2ccnc3ccccc23)C1. The van der Waals surface area contributed by atoms with E-state index in [0.29, 0.717) is 18.8 Å². The molecule has 2 aromatic heterocycles. The van der Waals surface area contributed by atoms with Crippen LogP contribution in [0.2, 0.25) is 0 Å². The third-order valence-corrected chi connectivity index (χ3v) is 4.74. The Bertz CT molecular complexity index is 855. The number of carbonyl (C=O) groups is 1. The molecule has 5 heteroatoms. The molecule has 0 aliphatic carbocycles. The number of fused-ring (bicyclic) bond motifs is 1. The summed E-state index contributed by atoms with van der Waals surface area (Å²) in [6, 6.07) is 13.6. The second-order valence-corrected chi connectivity index (χ2v) is 6.31. The van der Waals surface area contributed by atoms with E-state index >= 15 is 0 Å². The molecule has 2 unspecified atom stereocenters. The van der Waals surface area contributed by atoms with Crippen LogP contribution in [0.4, 0.5) is 0 Å². The molecule has 3 heterocycles. The molecule has 5 nitrogen and oxygen atoms in total. The molecule has 2 atom stereocenters. The lowest BCUT2D eigenvalue weighted by molar-refractivity contribution is 0.0759. The molecule has 0 bridgehead atoms. The van der Waals surface area contributed by atoms with Gasteiger partial charge >= 0.3 is 0 Å². The maximum atomic E-state index is 12.4. The number of nitrogens with zero attached hydrogens (tertiary/aromatic N) is 2. The highest BCUT2D eigenvalue weighted by molar-refractivity contribution is 5.92. The minimum Gasteiger partial charge on any atom is -0.391 e. The predicted octanol–water partition coefficient (Wildman–Crippen LogP) is 2.24. The zero-order valence-electron chi connectivity index (χ0n) is 13.2. The molecule has 0 radical (unpaired) electrons. The maximum Gasteiger partial charge on any atom is 0.270 e. The van der Waals surface area contributed by atoms with E-state index in [2.05, 4.69) is 16.0 Å². The van der Waals surface area contributed by atoms with Crippen LogP contribution in [0.1, 0.15) is 16.1 Å². The highest BCUT2D eigenvalue weighted by Crippen LogP contribution is 2.26. The van der Waals surface area contributed by atoms with E-state index in [0.717, 1.165) is 17.3 Å². The van der Waals surface area contributed by atoms with Crippen molar-refractivity contribution in [1.82, 2.24) is 14.9 Å². The van der Waals surface area contributed by atoms with Gasteiger partial charge in [-0.05, 0) is 36.2 Å². The number of amides is 1. The van der Waals surface area contributed by atoms with E-state index in [4.69, 9.17) is 0 Å². The maximum absolute atomic E-state index is 12.4. The van der Waals surface area contributed by atoms with Gasteiger partial charge in [-0.25, -0.2) is 0 Å². The number of benzene rings is 1. The molecule has 4 rings (SSSR count). The fraction of sp³-hybridized carbons (Fsp3) is 0.263. The first-order chi connectivity index (χ1) is 11.7. The summed E-state index contributed by atoms with van der Waals surface area (Å²) in [7, 11) is 0. The van der Waals surface area contributed by atoms with Crippen molar-refractivity contribution >= 4 is 16.8 Å². The lowest BCUT2D eigenvalue weighted by atomic mass is 9.94. The highest BCUT2D eigenvalue weighted by Gasteiger charge is 2.34. The molecule has 2 N–H and O–H groups in total. The molecule has 0 spiro atoms. The van der Waals surface area contributed by atoms with Crippen LogP contribution in [0.3, 0.4) is 0 Å². The van der Waals surface area contributed by atoms with Crippen LogP contribution in [-0.4, -0.2) is 45.1 Å². The van der Waals surface area contributed by atoms with E-state index in [1.54, 1.807) is 29.4 Å². The molecular formula is C19H19N3O2. The Morgan fingerprint density at radius 2 is 2.08 bits per heavy atom. The first kappa shape index (κ1) is 14.9. The molecule has 1 aromatic carbocycles. The third-order valence-electron chi connectivity index (χ3n) is 4.74. The number of aliphatic hydroxyl groups is 1. The van der Waals surface area contributed by atoms with Gasteiger partial charge in [-0.1, -0.05) is 18.2 Å². The minimum atomic E-state index is -0.504. The van der Waals surface area contributed by atoms with Gasteiger partial charge in [0, 0.05) is 36.8 Å². The fourth-order valence-electron chi connectivity index (χ4n) is 3.47. The third kappa shape index (κ3) is 2.67. The molecular weight excluding hydrogens is 302 g/mol. The van der Waals surface area contributed by atoms with Gasteiger partial charge in [0.2, 0.25) is 0 Å². The van der Waals surface area contributed by atoms with Gasteiger partial charge in [-0.2, -0.15) is 0 Å². The number of aromatic amines is 1. The lowest BCUT2D eigenvalue weighted by Gasteiger charge is -2.16. The Balaban J connectivity index is 1.54. The zero-order valence-corrected chi connectivity index (χ0v) is 13.2. The number of H-pyrrole nitrogens is 1. The van der Waals surface area contributed by atoms with Crippen LogP contribution >= 0.6 is 0 Å². The lowest BCUT2D eigenvalue weighted by Crippen LogP contribution is -2.29. The summed E-state index contributed by atoms with van der Waals surface area (Å²) in [5, 5.41) is 11.5. The highest BCUT2D eigenvalue weighted by atomic mass is 16.3. The van der Waals surface area contributed by atoms with Crippen LogP contribution in [0.25, 0.3) is 10.9 Å². The van der Waals surface area contributed by atoms with Gasteiger partial charge in [-0.15, -0.1) is 0 Å². The standard InChI is InChI=1S/C19H19N3O2/c23-18-12-22(19(24)17-6-3-8-20-17)11-14(18)10-13-7-9-21-16-5-2-1-4-15(13)16/h1-9,14,18,20,23H,10-12H2. The smallest absolute Gasteiger partial charge is 0.270 e. The summed E-state index contributed by atoms with van der Waals surface area (Å²) >= 11 is 0. The number of aromatic nitrogens is 2. The average molecular weight is 321 g/mol. The van der Waals surface area contributed by atoms with Gasteiger partial charge < -0.3 is 15.0 Å². The molecule has 1 saturated heterocycles. The number of likely N-dealkylation sites (tertiary alicyclic amines) is 1. The largest absolute Gasteiger partial charge is 0.391 e. The van der Waals surface area contributed by atoms with E-state index in [9.17, 15) is 9.90 Å². The topological polar surface area (TPSA) is 69.2 Å². The van der Waals surface area contributed by atoms with E-state index in [1.807, 2.05) is 24.3 Å². The molecule has 0 saturated carbocycles. The van der Waals surface area contributed by atoms with Crippen LogP contribution in [0, 0.1) is 5.92 Å². The number of carbonyl (C=O) groups excluding carboxylic acids is 1. The Labute approximate surface area is 139 Å². The van der Waals surface area contributed by atoms with Gasteiger partial charge in [0.1, 0.15) is 5.69 Å². The number of hydrogen-bond donors (Lipinski definition) is 2. The number of hydrogen-bond acceptors (Lipinski definition) is 3. The monoisotopic (exact) mass is 321 g/mol. The summed E-state index contributed by atoms with van der Waals surface area (Å²) < 4.78 is 0. The fourth-order valence-corrected chi connectivity index (χ4v) is 3.47. The average Bonchev–Trinajstić information content (AvgIpc) is 3.25. The van der Waals surface area contributed by atoms with Gasteiger partial charge in [0.05, 0.1) is 11.6 Å². The van der Waals surface area contributed by atoms with Crippen molar-refractivity contribution in [2.75, 3.05) is 13.1 Å². The molecule has 24 heavy (non-hydrogen) atoms. The van der Waals surface area contributed by atoms with Crippen molar-refractivity contribution in [1.29, 1.82) is 0 Å². The van der Waals surface area contributed by atoms with Crippen molar-refractivity contribution in [2.24, 2.45) is 5.92 Å². The van der Waals surface area contributed by atoms with E-state index in [-0.39, 0.29) is 11.8 Å². The summed E-state index contributed by atoms with van der Waals surface area (Å²) in [5.74, 6) is -0.0177. The molecule has 1 aliphatic rings. The second kappa shape index (κ2) is 6.09. The van der Waals surface area contributed by atoms with Crippen molar-refractivity contribution in [2.45, 2.75) is 12.5 Å². The Hall–Kier alpha value is -2.66. The number of rotatable bonds is 3. The predicted molar refractivity (Wildman–Crippen MR) is 91.6 cm³/mol. The number of pyridine rings is 1. The van der Waals surface area contributed by atoms with Crippen molar-refractivity contribution < 1.29 is 9.90 Å². The summed E-state index contributed by atoms with van der Waals surface area (Å²) in [5.41, 5.74) is 2.69. The van der Waals surface area contributed by atoms with Gasteiger partial charge in [-0.3, -0.25) is 9.78 Å². The van der Waals surface area contributed by atoms with E-state index < -0.39 is 6.10 Å². The first-order valence-electron chi connectivity index (χ1n) is 8.16. The van der Waals surface area contributed by atoms with Crippen molar-refractivity contribution in [3.8, 4) is 0 Å². The quantitative estimate of drug-likeness (QED) is 0.777. The number of aliphatic hydroxyl groups excluding tert-OH is 1. The molecule has 1 aliphatic heterocycles. The zero-order chi connectivity index (χ0) is 16.5. The van der Waals surface area contributed by atoms with Crippen LogP contribution in [-0.2, 0) is 6.42 Å². The summed E-state index contributed by atoms with van der Waals surface area (Å²) in [4.78, 5) is 21.5. The summed E-state index contributed by atoms with van der Waals surface area (Å²) in [6.07, 6.45) is 3.77.